The minimum atomic E-state index is -0.762. The summed E-state index contributed by atoms with van der Waals surface area (Å²) in [5, 5.41) is 0. The molecule has 378 valence electrons. The highest BCUT2D eigenvalue weighted by Gasteiger charge is 2.37. The maximum absolute atomic E-state index is 12.4. The van der Waals surface area contributed by atoms with Crippen LogP contribution in [-0.4, -0.2) is 188 Å². The Bertz CT molecular complexity index is 1780. The fourth-order valence-electron chi connectivity index (χ4n) is 7.14. The fraction of sp³-hybridized carbons (Fsp3) is 0.509. The second kappa shape index (κ2) is 35.6. The van der Waals surface area contributed by atoms with E-state index in [0.29, 0.717) is 170 Å². The van der Waals surface area contributed by atoms with Gasteiger partial charge in [0.15, 0.2) is 0 Å². The van der Waals surface area contributed by atoms with Crippen LogP contribution in [0.1, 0.15) is 37.4 Å². The van der Waals surface area contributed by atoms with Crippen LogP contribution >= 0.6 is 0 Å². The first-order chi connectivity index (χ1) is 34.2. The molecule has 0 radical (unpaired) electrons. The summed E-state index contributed by atoms with van der Waals surface area (Å²) in [5.74, 6) is -0.562. The zero-order valence-corrected chi connectivity index (χ0v) is 39.9. The maximum atomic E-state index is 12.4. The first kappa shape index (κ1) is 55.4. The van der Waals surface area contributed by atoms with E-state index in [9.17, 15) is 9.59 Å². The molecule has 0 saturated heterocycles. The third-order valence-corrected chi connectivity index (χ3v) is 10.5. The molecule has 0 bridgehead atoms. The van der Waals surface area contributed by atoms with E-state index in [1.54, 1.807) is 24.3 Å². The minimum absolute atomic E-state index is 0.209. The maximum Gasteiger partial charge on any atom is 0.261 e. The minimum Gasteiger partial charge on any atom is -0.377 e. The molecular weight excluding hydrogens is 891 g/mol. The molecule has 0 fully saturated rings. The lowest BCUT2D eigenvalue weighted by Gasteiger charge is -2.36. The monoisotopic (exact) mass is 961 g/mol. The van der Waals surface area contributed by atoms with Crippen LogP contribution in [0.4, 0.5) is 0 Å². The lowest BCUT2D eigenvalue weighted by atomic mass is 9.80. The normalized spacial score (nSPS) is 12.6. The Labute approximate surface area is 407 Å². The summed E-state index contributed by atoms with van der Waals surface area (Å²) >= 11 is 0. The van der Waals surface area contributed by atoms with Crippen LogP contribution in [0.5, 0.6) is 0 Å². The van der Waals surface area contributed by atoms with Gasteiger partial charge in [0.05, 0.1) is 183 Å². The summed E-state index contributed by atoms with van der Waals surface area (Å²) < 4.78 is 73.6. The molecule has 4 aromatic rings. The Morgan fingerprint density at radius 2 is 0.493 bits per heavy atom. The van der Waals surface area contributed by atoms with Gasteiger partial charge in [0.2, 0.25) is 0 Å². The topological polar surface area (TPSA) is 157 Å². The van der Waals surface area contributed by atoms with Crippen molar-refractivity contribution in [3.8, 4) is 0 Å². The van der Waals surface area contributed by atoms with Gasteiger partial charge in [-0.05, 0) is 28.8 Å². The molecule has 2 amide bonds. The number of benzene rings is 4. The first-order valence-electron chi connectivity index (χ1n) is 23.9. The van der Waals surface area contributed by atoms with Crippen molar-refractivity contribution in [2.24, 2.45) is 0 Å². The molecule has 1 heterocycles. The van der Waals surface area contributed by atoms with Crippen LogP contribution in [0, 0.1) is 0 Å². The van der Waals surface area contributed by atoms with E-state index >= 15 is 0 Å². The van der Waals surface area contributed by atoms with Crippen LogP contribution in [0.2, 0.25) is 0 Å². The number of imide groups is 1. The average Bonchev–Trinajstić information content (AvgIpc) is 3.63. The zero-order chi connectivity index (χ0) is 48.1. The molecule has 0 aromatic heterocycles. The molecule has 0 aliphatic carbocycles. The molecule has 16 heteroatoms. The van der Waals surface area contributed by atoms with E-state index in [2.05, 4.69) is 36.4 Å². The van der Waals surface area contributed by atoms with Crippen molar-refractivity contribution in [1.82, 2.24) is 4.90 Å². The lowest BCUT2D eigenvalue weighted by Crippen LogP contribution is -2.34. The van der Waals surface area contributed by atoms with E-state index < -0.39 is 5.60 Å². The van der Waals surface area contributed by atoms with Gasteiger partial charge in [-0.3, -0.25) is 14.5 Å². The van der Waals surface area contributed by atoms with Gasteiger partial charge in [-0.1, -0.05) is 103 Å². The van der Waals surface area contributed by atoms with Crippen molar-refractivity contribution in [2.45, 2.75) is 5.60 Å². The van der Waals surface area contributed by atoms with Crippen molar-refractivity contribution < 1.29 is 71.2 Å². The number of carbonyl (C=O) groups excluding carboxylic acids is 2. The Morgan fingerprint density at radius 3 is 0.754 bits per heavy atom. The summed E-state index contributed by atoms with van der Waals surface area (Å²) in [6.07, 6.45) is 0. The van der Waals surface area contributed by atoms with Crippen molar-refractivity contribution in [3.05, 3.63) is 143 Å². The summed E-state index contributed by atoms with van der Waals surface area (Å²) in [4.78, 5) is 25.9. The number of carbonyl (C=O) groups is 2. The lowest BCUT2D eigenvalue weighted by molar-refractivity contribution is -0.0399. The molecular formula is C53H71NO15. The highest BCUT2D eigenvalue weighted by atomic mass is 16.6. The number of amides is 2. The van der Waals surface area contributed by atoms with Crippen molar-refractivity contribution in [2.75, 3.05) is 172 Å². The number of fused-ring (bicyclic) bond motifs is 1. The number of hydrogen-bond acceptors (Lipinski definition) is 15. The smallest absolute Gasteiger partial charge is 0.261 e. The van der Waals surface area contributed by atoms with E-state index in [4.69, 9.17) is 61.6 Å². The van der Waals surface area contributed by atoms with Crippen LogP contribution in [0.25, 0.3) is 0 Å². The molecule has 4 aromatic carbocycles. The predicted octanol–water partition coefficient (Wildman–Crippen LogP) is 5.49. The van der Waals surface area contributed by atoms with Crippen LogP contribution in [0.15, 0.2) is 115 Å². The quantitative estimate of drug-likeness (QED) is 0.0312. The highest BCUT2D eigenvalue weighted by molar-refractivity contribution is 6.21. The second-order valence-electron chi connectivity index (χ2n) is 15.3. The summed E-state index contributed by atoms with van der Waals surface area (Å²) in [6, 6.07) is 37.8. The van der Waals surface area contributed by atoms with Crippen LogP contribution in [0.3, 0.4) is 0 Å². The predicted molar refractivity (Wildman–Crippen MR) is 257 cm³/mol. The number of rotatable bonds is 43. The van der Waals surface area contributed by atoms with Gasteiger partial charge in [0.1, 0.15) is 5.60 Å². The average molecular weight is 962 g/mol. The Morgan fingerprint density at radius 1 is 0.275 bits per heavy atom. The zero-order valence-electron chi connectivity index (χ0n) is 39.9. The van der Waals surface area contributed by atoms with E-state index in [-0.39, 0.29) is 25.0 Å². The fourth-order valence-corrected chi connectivity index (χ4v) is 7.14. The molecule has 0 atom stereocenters. The van der Waals surface area contributed by atoms with E-state index in [1.165, 1.54) is 4.90 Å². The van der Waals surface area contributed by atoms with E-state index in [0.717, 1.165) is 16.7 Å². The Hall–Kier alpha value is -4.50. The molecule has 0 unspecified atom stereocenters. The van der Waals surface area contributed by atoms with Crippen molar-refractivity contribution >= 4 is 11.8 Å². The van der Waals surface area contributed by atoms with Gasteiger partial charge in [-0.2, -0.15) is 0 Å². The van der Waals surface area contributed by atoms with Gasteiger partial charge in [0, 0.05) is 0 Å². The van der Waals surface area contributed by atoms with Gasteiger partial charge in [0.25, 0.3) is 11.8 Å². The molecule has 0 N–H and O–H groups in total. The molecule has 1 aliphatic heterocycles. The third-order valence-electron chi connectivity index (χ3n) is 10.5. The van der Waals surface area contributed by atoms with Crippen LogP contribution in [-0.2, 0) is 67.2 Å². The van der Waals surface area contributed by atoms with Crippen LogP contribution < -0.4 is 0 Å². The SMILES string of the molecule is O=C1c2ccccc2C(=O)N1CCOCCOCCOCCOCCOCCOCCOCCOCCOCCOCCOCCOCCOC(c1ccccc1)(c1ccccc1)c1ccccc1. The van der Waals surface area contributed by atoms with Gasteiger partial charge in [-0.15, -0.1) is 0 Å². The summed E-state index contributed by atoms with van der Waals surface area (Å²) in [7, 11) is 0. The summed E-state index contributed by atoms with van der Waals surface area (Å²) in [6.45, 7) is 11.4. The van der Waals surface area contributed by atoms with Gasteiger partial charge < -0.3 is 61.6 Å². The molecule has 0 saturated carbocycles. The largest absolute Gasteiger partial charge is 0.377 e. The number of ether oxygens (including phenoxy) is 13. The molecule has 16 nitrogen and oxygen atoms in total. The number of nitrogens with zero attached hydrogens (tertiary/aromatic N) is 1. The molecule has 69 heavy (non-hydrogen) atoms. The van der Waals surface area contributed by atoms with Crippen molar-refractivity contribution in [1.29, 1.82) is 0 Å². The van der Waals surface area contributed by atoms with Gasteiger partial charge in [-0.25, -0.2) is 0 Å². The first-order valence-corrected chi connectivity index (χ1v) is 23.9. The Kier molecular flexibility index (Phi) is 28.6. The van der Waals surface area contributed by atoms with Gasteiger partial charge >= 0.3 is 0 Å². The Balaban J connectivity index is 0.693. The molecule has 1 aliphatic rings. The molecule has 5 rings (SSSR count). The number of hydrogen-bond donors (Lipinski definition) is 0. The second-order valence-corrected chi connectivity index (χ2v) is 15.3. The highest BCUT2D eigenvalue weighted by Crippen LogP contribution is 2.40. The standard InChI is InChI=1S/C53H71NO15/c55-51-49-18-10-11-19-50(49)52(56)54(51)20-21-57-22-23-58-24-25-59-26-27-60-28-29-61-30-31-62-32-33-63-34-35-64-36-37-65-38-39-66-40-41-67-42-43-68-44-45-69-53(46-12-4-1-5-13-46,47-14-6-2-7-15-47)48-16-8-3-9-17-48/h1-19H,20-45H2. The third kappa shape index (κ3) is 20.8. The molecule has 0 spiro atoms. The summed E-state index contributed by atoms with van der Waals surface area (Å²) in [5.41, 5.74) is 3.30. The van der Waals surface area contributed by atoms with Crippen molar-refractivity contribution in [3.63, 3.8) is 0 Å². The van der Waals surface area contributed by atoms with E-state index in [1.807, 2.05) is 54.6 Å².